The fourth-order valence-electron chi connectivity index (χ4n) is 2.03. The molecule has 19 heavy (non-hydrogen) atoms. The van der Waals surface area contributed by atoms with Crippen LogP contribution in [0.4, 0.5) is 5.69 Å². The predicted molar refractivity (Wildman–Crippen MR) is 85.1 cm³/mol. The van der Waals surface area contributed by atoms with Gasteiger partial charge in [-0.25, -0.2) is 5.43 Å². The van der Waals surface area contributed by atoms with E-state index in [0.29, 0.717) is 5.92 Å². The summed E-state index contributed by atoms with van der Waals surface area (Å²) in [6.07, 6.45) is 0. The van der Waals surface area contributed by atoms with Gasteiger partial charge in [-0.05, 0) is 41.3 Å². The van der Waals surface area contributed by atoms with Crippen LogP contribution >= 0.6 is 15.9 Å². The summed E-state index contributed by atoms with van der Waals surface area (Å²) in [7, 11) is 0. The van der Waals surface area contributed by atoms with Gasteiger partial charge in [-0.15, -0.1) is 0 Å². The Kier molecular flexibility index (Phi) is 5.00. The van der Waals surface area contributed by atoms with Crippen molar-refractivity contribution >= 4 is 21.6 Å². The molecule has 0 amide bonds. The van der Waals surface area contributed by atoms with Crippen LogP contribution in [0.25, 0.3) is 0 Å². The van der Waals surface area contributed by atoms with Gasteiger partial charge in [0.15, 0.2) is 0 Å². The van der Waals surface area contributed by atoms with E-state index in [0.717, 1.165) is 16.7 Å². The third-order valence-corrected chi connectivity index (χ3v) is 3.51. The van der Waals surface area contributed by atoms with Crippen LogP contribution in [0.3, 0.4) is 0 Å². The molecule has 0 radical (unpaired) electrons. The Labute approximate surface area is 123 Å². The highest BCUT2D eigenvalue weighted by molar-refractivity contribution is 9.10. The van der Waals surface area contributed by atoms with Gasteiger partial charge >= 0.3 is 0 Å². The number of para-hydroxylation sites is 1. The van der Waals surface area contributed by atoms with E-state index in [4.69, 9.17) is 0 Å². The van der Waals surface area contributed by atoms with Crippen molar-refractivity contribution in [1.82, 2.24) is 5.43 Å². The third kappa shape index (κ3) is 4.08. The molecule has 0 aliphatic carbocycles. The predicted octanol–water partition coefficient (Wildman–Crippen LogP) is 4.69. The molecular formula is C16H19BrN2. The molecule has 0 heterocycles. The highest BCUT2D eigenvalue weighted by atomic mass is 79.9. The van der Waals surface area contributed by atoms with Crippen LogP contribution in [-0.2, 0) is 6.54 Å². The van der Waals surface area contributed by atoms with E-state index in [2.05, 4.69) is 58.8 Å². The second kappa shape index (κ2) is 6.73. The zero-order valence-corrected chi connectivity index (χ0v) is 12.9. The number of hydrogen-bond acceptors (Lipinski definition) is 2. The Bertz CT molecular complexity index is 524. The van der Waals surface area contributed by atoms with E-state index in [-0.39, 0.29) is 0 Å². The topological polar surface area (TPSA) is 24.1 Å². The van der Waals surface area contributed by atoms with E-state index in [1.165, 1.54) is 11.1 Å². The first-order valence-corrected chi connectivity index (χ1v) is 7.28. The number of anilines is 1. The van der Waals surface area contributed by atoms with Crippen molar-refractivity contribution in [2.75, 3.05) is 5.43 Å². The van der Waals surface area contributed by atoms with E-state index in [9.17, 15) is 0 Å². The lowest BCUT2D eigenvalue weighted by Gasteiger charge is -2.15. The van der Waals surface area contributed by atoms with E-state index in [1.807, 2.05) is 30.3 Å². The Morgan fingerprint density at radius 1 is 1.05 bits per heavy atom. The minimum absolute atomic E-state index is 0.519. The van der Waals surface area contributed by atoms with E-state index in [1.54, 1.807) is 0 Å². The summed E-state index contributed by atoms with van der Waals surface area (Å²) in [5.41, 5.74) is 10.2. The number of rotatable bonds is 5. The number of hydrogen-bond donors (Lipinski definition) is 2. The monoisotopic (exact) mass is 318 g/mol. The molecule has 0 saturated carbocycles. The van der Waals surface area contributed by atoms with Crippen LogP contribution in [0.2, 0.25) is 0 Å². The second-order valence-electron chi connectivity index (χ2n) is 4.84. The maximum atomic E-state index is 3.53. The third-order valence-electron chi connectivity index (χ3n) is 3.02. The number of hydrazine groups is 1. The maximum Gasteiger partial charge on any atom is 0.0487 e. The molecule has 0 unspecified atom stereocenters. The fourth-order valence-corrected chi connectivity index (χ4v) is 2.41. The quantitative estimate of drug-likeness (QED) is 0.781. The standard InChI is InChI=1S/C16H19BrN2/c1-12(2)16-10-14(17)9-8-13(16)11-18-19-15-6-4-3-5-7-15/h3-10,12,18-19H,11H2,1-2H3. The normalized spacial score (nSPS) is 10.7. The molecule has 3 heteroatoms. The molecule has 0 fully saturated rings. The molecular weight excluding hydrogens is 300 g/mol. The molecule has 0 saturated heterocycles. The molecule has 0 bridgehead atoms. The summed E-state index contributed by atoms with van der Waals surface area (Å²) in [4.78, 5) is 0. The lowest BCUT2D eigenvalue weighted by molar-refractivity contribution is 0.765. The summed E-state index contributed by atoms with van der Waals surface area (Å²) >= 11 is 3.53. The summed E-state index contributed by atoms with van der Waals surface area (Å²) < 4.78 is 1.14. The molecule has 0 aliphatic rings. The maximum absolute atomic E-state index is 3.53. The van der Waals surface area contributed by atoms with Crippen LogP contribution in [-0.4, -0.2) is 0 Å². The van der Waals surface area contributed by atoms with Crippen molar-refractivity contribution in [2.24, 2.45) is 0 Å². The molecule has 0 aliphatic heterocycles. The Morgan fingerprint density at radius 2 is 1.79 bits per heavy atom. The smallest absolute Gasteiger partial charge is 0.0487 e. The van der Waals surface area contributed by atoms with Crippen molar-refractivity contribution in [3.05, 3.63) is 64.1 Å². The van der Waals surface area contributed by atoms with Gasteiger partial charge in [0.2, 0.25) is 0 Å². The van der Waals surface area contributed by atoms with Gasteiger partial charge in [0.1, 0.15) is 0 Å². The van der Waals surface area contributed by atoms with Gasteiger partial charge in [-0.2, -0.15) is 0 Å². The van der Waals surface area contributed by atoms with Crippen LogP contribution in [0.15, 0.2) is 53.0 Å². The largest absolute Gasteiger partial charge is 0.321 e. The zero-order chi connectivity index (χ0) is 13.7. The van der Waals surface area contributed by atoms with Crippen molar-refractivity contribution < 1.29 is 0 Å². The minimum Gasteiger partial charge on any atom is -0.321 e. The number of benzene rings is 2. The van der Waals surface area contributed by atoms with Crippen molar-refractivity contribution in [1.29, 1.82) is 0 Å². The summed E-state index contributed by atoms with van der Waals surface area (Å²) in [5, 5.41) is 0. The zero-order valence-electron chi connectivity index (χ0n) is 11.3. The molecule has 2 aromatic carbocycles. The van der Waals surface area contributed by atoms with Crippen molar-refractivity contribution in [2.45, 2.75) is 26.3 Å². The molecule has 2 nitrogen and oxygen atoms in total. The molecule has 0 spiro atoms. The van der Waals surface area contributed by atoms with Crippen LogP contribution in [0.1, 0.15) is 30.9 Å². The molecule has 0 aromatic heterocycles. The van der Waals surface area contributed by atoms with E-state index < -0.39 is 0 Å². The summed E-state index contributed by atoms with van der Waals surface area (Å²) in [5.74, 6) is 0.519. The highest BCUT2D eigenvalue weighted by Gasteiger charge is 2.06. The SMILES string of the molecule is CC(C)c1cc(Br)ccc1CNNc1ccccc1. The van der Waals surface area contributed by atoms with Gasteiger partial charge in [0.25, 0.3) is 0 Å². The van der Waals surface area contributed by atoms with Gasteiger partial charge in [0, 0.05) is 16.7 Å². The average molecular weight is 319 g/mol. The molecule has 2 rings (SSSR count). The van der Waals surface area contributed by atoms with E-state index >= 15 is 0 Å². The average Bonchev–Trinajstić information content (AvgIpc) is 2.41. The lowest BCUT2D eigenvalue weighted by atomic mass is 9.97. The highest BCUT2D eigenvalue weighted by Crippen LogP contribution is 2.23. The van der Waals surface area contributed by atoms with Crippen molar-refractivity contribution in [3.63, 3.8) is 0 Å². The molecule has 2 N–H and O–H groups in total. The van der Waals surface area contributed by atoms with Gasteiger partial charge in [-0.3, -0.25) is 0 Å². The fraction of sp³-hybridized carbons (Fsp3) is 0.250. The Hall–Kier alpha value is -1.32. The number of halogens is 1. The van der Waals surface area contributed by atoms with Crippen LogP contribution in [0, 0.1) is 0 Å². The first kappa shape index (κ1) is 14.1. The van der Waals surface area contributed by atoms with Crippen molar-refractivity contribution in [3.8, 4) is 0 Å². The second-order valence-corrected chi connectivity index (χ2v) is 5.76. The summed E-state index contributed by atoms with van der Waals surface area (Å²) in [6.45, 7) is 5.24. The Balaban J connectivity index is 2.00. The first-order valence-electron chi connectivity index (χ1n) is 6.49. The van der Waals surface area contributed by atoms with Gasteiger partial charge in [-0.1, -0.05) is 54.0 Å². The summed E-state index contributed by atoms with van der Waals surface area (Å²) in [6, 6.07) is 16.6. The number of nitrogens with one attached hydrogen (secondary N) is 2. The minimum atomic E-state index is 0.519. The van der Waals surface area contributed by atoms with Crippen LogP contribution in [0.5, 0.6) is 0 Å². The van der Waals surface area contributed by atoms with Gasteiger partial charge < -0.3 is 5.43 Å². The first-order chi connectivity index (χ1) is 9.16. The lowest BCUT2D eigenvalue weighted by Crippen LogP contribution is -2.21. The molecule has 0 atom stereocenters. The molecule has 2 aromatic rings. The van der Waals surface area contributed by atoms with Crippen LogP contribution < -0.4 is 10.9 Å². The Morgan fingerprint density at radius 3 is 2.47 bits per heavy atom. The van der Waals surface area contributed by atoms with Gasteiger partial charge in [0.05, 0.1) is 0 Å². The molecule has 100 valence electrons.